The molecule has 21 heavy (non-hydrogen) atoms. The lowest BCUT2D eigenvalue weighted by atomic mass is 10.0. The molecule has 3 aromatic carbocycles. The molecule has 1 heterocycles. The number of para-hydroxylation sites is 1. The molecule has 1 saturated heterocycles. The van der Waals surface area contributed by atoms with Crippen LogP contribution in [0.1, 0.15) is 23.2 Å². The van der Waals surface area contributed by atoms with Gasteiger partial charge in [-0.15, -0.1) is 0 Å². The van der Waals surface area contributed by atoms with Crippen molar-refractivity contribution in [3.8, 4) is 0 Å². The molecule has 0 aromatic heterocycles. The quantitative estimate of drug-likeness (QED) is 0.606. The number of hydrogen-bond donors (Lipinski definition) is 0. The fourth-order valence-corrected chi connectivity index (χ4v) is 3.14. The Morgan fingerprint density at radius 3 is 1.29 bits per heavy atom. The highest BCUT2D eigenvalue weighted by Crippen LogP contribution is 2.56. The molecule has 1 aliphatic rings. The van der Waals surface area contributed by atoms with Crippen molar-refractivity contribution in [3.63, 3.8) is 0 Å². The molecule has 0 unspecified atom stereocenters. The summed E-state index contributed by atoms with van der Waals surface area (Å²) in [6.45, 7) is 0. The van der Waals surface area contributed by atoms with Gasteiger partial charge >= 0.3 is 0 Å². The van der Waals surface area contributed by atoms with Crippen molar-refractivity contribution < 1.29 is 0 Å². The van der Waals surface area contributed by atoms with Crippen LogP contribution in [0.5, 0.6) is 0 Å². The largest absolute Gasteiger partial charge is 0.353 e. The third-order valence-electron chi connectivity index (χ3n) is 4.15. The second-order valence-electron chi connectivity index (χ2n) is 5.45. The summed E-state index contributed by atoms with van der Waals surface area (Å²) in [5.41, 5.74) is 4.06. The van der Waals surface area contributed by atoms with E-state index in [-0.39, 0.29) is 0 Å². The molecular formula is C20H17N. The zero-order chi connectivity index (χ0) is 14.1. The van der Waals surface area contributed by atoms with E-state index in [0.29, 0.717) is 12.1 Å². The maximum atomic E-state index is 2.49. The number of nitrogens with zero attached hydrogens (tertiary/aromatic N) is 1. The molecular weight excluding hydrogens is 254 g/mol. The summed E-state index contributed by atoms with van der Waals surface area (Å²) in [5.74, 6) is 0. The first-order chi connectivity index (χ1) is 10.4. The van der Waals surface area contributed by atoms with Crippen LogP contribution in [-0.4, -0.2) is 0 Å². The molecule has 0 radical (unpaired) electrons. The number of hydrogen-bond acceptors (Lipinski definition) is 1. The lowest BCUT2D eigenvalue weighted by Crippen LogP contribution is -1.95. The molecule has 2 atom stereocenters. The summed E-state index contributed by atoms with van der Waals surface area (Å²) in [6, 6.07) is 33.1. The number of rotatable bonds is 3. The minimum absolute atomic E-state index is 0.441. The molecule has 0 saturated carbocycles. The zero-order valence-electron chi connectivity index (χ0n) is 11.8. The Kier molecular flexibility index (Phi) is 2.97. The first-order valence-corrected chi connectivity index (χ1v) is 7.38. The van der Waals surface area contributed by atoms with Crippen LogP contribution in [0.15, 0.2) is 91.0 Å². The van der Waals surface area contributed by atoms with E-state index in [2.05, 4.69) is 95.9 Å². The predicted octanol–water partition coefficient (Wildman–Crippen LogP) is 4.99. The van der Waals surface area contributed by atoms with E-state index in [4.69, 9.17) is 0 Å². The maximum Gasteiger partial charge on any atom is 0.0795 e. The van der Waals surface area contributed by atoms with Gasteiger partial charge in [0.1, 0.15) is 0 Å². The Hall–Kier alpha value is -2.54. The maximum absolute atomic E-state index is 2.49. The third-order valence-corrected chi connectivity index (χ3v) is 4.15. The van der Waals surface area contributed by atoms with E-state index >= 15 is 0 Å². The van der Waals surface area contributed by atoms with Gasteiger partial charge in [0.25, 0.3) is 0 Å². The molecule has 1 aliphatic heterocycles. The molecule has 4 rings (SSSR count). The van der Waals surface area contributed by atoms with Crippen molar-refractivity contribution in [1.29, 1.82) is 0 Å². The van der Waals surface area contributed by atoms with E-state index in [0.717, 1.165) is 0 Å². The van der Waals surface area contributed by atoms with Crippen molar-refractivity contribution in [2.24, 2.45) is 0 Å². The summed E-state index contributed by atoms with van der Waals surface area (Å²) < 4.78 is 0. The van der Waals surface area contributed by atoms with Gasteiger partial charge in [-0.25, -0.2) is 0 Å². The average molecular weight is 271 g/mol. The van der Waals surface area contributed by atoms with Gasteiger partial charge in [-0.3, -0.25) is 0 Å². The van der Waals surface area contributed by atoms with Crippen molar-refractivity contribution in [2.45, 2.75) is 12.1 Å². The first-order valence-electron chi connectivity index (χ1n) is 7.38. The molecule has 102 valence electrons. The molecule has 1 fully saturated rings. The second-order valence-corrected chi connectivity index (χ2v) is 5.45. The standard InChI is InChI=1S/C20H17N/c1-4-10-16(11-5-1)19-20(17-12-6-2-7-13-17)21(19)18-14-8-3-9-15-18/h1-15,19-20H/t19-,20-/m0/s1. The molecule has 3 aromatic rings. The SMILES string of the molecule is c1ccc([C@H]2[C@H](c3ccccc3)N2c2ccccc2)cc1. The van der Waals surface area contributed by atoms with Crippen LogP contribution in [0.2, 0.25) is 0 Å². The Morgan fingerprint density at radius 1 is 0.476 bits per heavy atom. The van der Waals surface area contributed by atoms with E-state index < -0.39 is 0 Å². The van der Waals surface area contributed by atoms with Crippen molar-refractivity contribution in [1.82, 2.24) is 0 Å². The van der Waals surface area contributed by atoms with E-state index in [9.17, 15) is 0 Å². The summed E-state index contributed by atoms with van der Waals surface area (Å²) in [4.78, 5) is 2.49. The lowest BCUT2D eigenvalue weighted by molar-refractivity contribution is 1.03. The van der Waals surface area contributed by atoms with Crippen LogP contribution in [-0.2, 0) is 0 Å². The van der Waals surface area contributed by atoms with Crippen LogP contribution in [0.3, 0.4) is 0 Å². The average Bonchev–Trinajstić information content (AvgIpc) is 3.33. The van der Waals surface area contributed by atoms with Crippen LogP contribution < -0.4 is 4.90 Å². The first kappa shape index (κ1) is 12.2. The molecule has 0 amide bonds. The van der Waals surface area contributed by atoms with Crippen LogP contribution in [0.4, 0.5) is 5.69 Å². The molecule has 1 heteroatoms. The Bertz CT molecular complexity index is 597. The van der Waals surface area contributed by atoms with Gasteiger partial charge in [0.2, 0.25) is 0 Å². The molecule has 0 spiro atoms. The zero-order valence-corrected chi connectivity index (χ0v) is 11.8. The Labute approximate surface area is 125 Å². The Morgan fingerprint density at radius 2 is 0.857 bits per heavy atom. The van der Waals surface area contributed by atoms with Gasteiger partial charge in [0.05, 0.1) is 12.1 Å². The molecule has 0 bridgehead atoms. The smallest absolute Gasteiger partial charge is 0.0795 e. The van der Waals surface area contributed by atoms with Crippen molar-refractivity contribution in [3.05, 3.63) is 102 Å². The van der Waals surface area contributed by atoms with Gasteiger partial charge in [0.15, 0.2) is 0 Å². The summed E-state index contributed by atoms with van der Waals surface area (Å²) >= 11 is 0. The minimum Gasteiger partial charge on any atom is -0.353 e. The van der Waals surface area contributed by atoms with Gasteiger partial charge in [0, 0.05) is 5.69 Å². The van der Waals surface area contributed by atoms with Gasteiger partial charge in [-0.1, -0.05) is 78.9 Å². The summed E-state index contributed by atoms with van der Waals surface area (Å²) in [5, 5.41) is 0. The summed E-state index contributed by atoms with van der Waals surface area (Å²) in [7, 11) is 0. The van der Waals surface area contributed by atoms with E-state index in [1.165, 1.54) is 16.8 Å². The van der Waals surface area contributed by atoms with E-state index in [1.807, 2.05) is 0 Å². The van der Waals surface area contributed by atoms with Crippen LogP contribution >= 0.6 is 0 Å². The van der Waals surface area contributed by atoms with Crippen molar-refractivity contribution in [2.75, 3.05) is 4.90 Å². The van der Waals surface area contributed by atoms with Gasteiger partial charge < -0.3 is 4.90 Å². The normalized spacial score (nSPS) is 20.3. The third kappa shape index (κ3) is 2.21. The fourth-order valence-electron chi connectivity index (χ4n) is 3.14. The van der Waals surface area contributed by atoms with E-state index in [1.54, 1.807) is 0 Å². The van der Waals surface area contributed by atoms with Crippen molar-refractivity contribution >= 4 is 5.69 Å². The highest BCUT2D eigenvalue weighted by molar-refractivity contribution is 5.61. The van der Waals surface area contributed by atoms with Crippen LogP contribution in [0.25, 0.3) is 0 Å². The Balaban J connectivity index is 1.74. The highest BCUT2D eigenvalue weighted by atomic mass is 15.4. The number of benzene rings is 3. The minimum atomic E-state index is 0.441. The second kappa shape index (κ2) is 5.10. The molecule has 0 N–H and O–H groups in total. The van der Waals surface area contributed by atoms with Gasteiger partial charge in [-0.05, 0) is 23.3 Å². The van der Waals surface area contributed by atoms with Crippen LogP contribution in [0, 0.1) is 0 Å². The van der Waals surface area contributed by atoms with Gasteiger partial charge in [-0.2, -0.15) is 0 Å². The molecule has 1 nitrogen and oxygen atoms in total. The fraction of sp³-hybridized carbons (Fsp3) is 0.100. The number of anilines is 1. The highest BCUT2D eigenvalue weighted by Gasteiger charge is 2.49. The monoisotopic (exact) mass is 271 g/mol. The topological polar surface area (TPSA) is 3.01 Å². The lowest BCUT2D eigenvalue weighted by Gasteiger charge is -2.06. The summed E-state index contributed by atoms with van der Waals surface area (Å²) in [6.07, 6.45) is 0. The predicted molar refractivity (Wildman–Crippen MR) is 87.3 cm³/mol. The molecule has 0 aliphatic carbocycles.